The average Bonchev–Trinajstić information content (AvgIpc) is 3.31. The van der Waals surface area contributed by atoms with Crippen molar-refractivity contribution in [2.24, 2.45) is 17.8 Å². The Morgan fingerprint density at radius 2 is 1.58 bits per heavy atom. The number of ether oxygens (including phenoxy) is 1. The van der Waals surface area contributed by atoms with E-state index in [1.54, 1.807) is 6.07 Å². The maximum Gasteiger partial charge on any atom is 0.201 e. The number of hydrogen-bond donors (Lipinski definition) is 0. The van der Waals surface area contributed by atoms with Gasteiger partial charge in [0.2, 0.25) is 5.82 Å². The number of hydrogen-bond acceptors (Lipinski definition) is 2. The first-order chi connectivity index (χ1) is 18.4. The molecule has 2 fully saturated rings. The molecule has 0 radical (unpaired) electrons. The minimum atomic E-state index is -1.11. The van der Waals surface area contributed by atoms with Gasteiger partial charge in [0, 0.05) is 6.07 Å². The molecule has 0 N–H and O–H groups in total. The molecule has 38 heavy (non-hydrogen) atoms. The van der Waals surface area contributed by atoms with Crippen LogP contribution in [0.5, 0.6) is 5.75 Å². The lowest BCUT2D eigenvalue weighted by atomic mass is 9.78. The van der Waals surface area contributed by atoms with Gasteiger partial charge in [-0.05, 0) is 73.8 Å². The van der Waals surface area contributed by atoms with Crippen molar-refractivity contribution in [2.75, 3.05) is 6.61 Å². The molecular formula is C32H38ClF3O2. The summed E-state index contributed by atoms with van der Waals surface area (Å²) >= 11 is 6.43. The zero-order chi connectivity index (χ0) is 26.8. The summed E-state index contributed by atoms with van der Waals surface area (Å²) in [5.74, 6) is -1.40. The van der Waals surface area contributed by atoms with Crippen LogP contribution in [0.4, 0.5) is 13.2 Å². The van der Waals surface area contributed by atoms with Crippen LogP contribution < -0.4 is 4.74 Å². The van der Waals surface area contributed by atoms with E-state index in [2.05, 4.69) is 13.5 Å². The van der Waals surface area contributed by atoms with E-state index in [-0.39, 0.29) is 38.6 Å². The lowest BCUT2D eigenvalue weighted by Crippen LogP contribution is -2.20. The Morgan fingerprint density at radius 1 is 0.895 bits per heavy atom. The van der Waals surface area contributed by atoms with Crippen LogP contribution in [0.25, 0.3) is 21.9 Å². The second kappa shape index (κ2) is 11.9. The Bertz CT molecular complexity index is 1280. The fourth-order valence-corrected chi connectivity index (χ4v) is 6.89. The molecule has 1 aromatic heterocycles. The van der Waals surface area contributed by atoms with Crippen LogP contribution in [0, 0.1) is 35.2 Å². The molecule has 5 rings (SSSR count). The summed E-state index contributed by atoms with van der Waals surface area (Å²) in [6.45, 7) is 6.43. The monoisotopic (exact) mass is 546 g/mol. The van der Waals surface area contributed by atoms with Crippen LogP contribution in [0.2, 0.25) is 5.02 Å². The smallest absolute Gasteiger partial charge is 0.201 e. The molecule has 0 spiro atoms. The summed E-state index contributed by atoms with van der Waals surface area (Å²) in [6, 6.07) is 3.00. The molecule has 0 bridgehead atoms. The molecule has 0 atom stereocenters. The van der Waals surface area contributed by atoms with Crippen molar-refractivity contribution in [2.45, 2.75) is 89.9 Å². The average molecular weight is 547 g/mol. The minimum Gasteiger partial charge on any atom is -0.490 e. The van der Waals surface area contributed by atoms with E-state index in [4.69, 9.17) is 20.8 Å². The van der Waals surface area contributed by atoms with Gasteiger partial charge in [0.05, 0.1) is 22.4 Å². The molecule has 2 aliphatic carbocycles. The topological polar surface area (TPSA) is 22.4 Å². The van der Waals surface area contributed by atoms with Gasteiger partial charge >= 0.3 is 0 Å². The maximum absolute atomic E-state index is 15.4. The predicted molar refractivity (Wildman–Crippen MR) is 149 cm³/mol. The number of furan rings is 1. The molecule has 2 aromatic carbocycles. The predicted octanol–water partition coefficient (Wildman–Crippen LogP) is 10.9. The minimum absolute atomic E-state index is 0.00326. The van der Waals surface area contributed by atoms with Gasteiger partial charge in [-0.1, -0.05) is 63.1 Å². The number of fused-ring (bicyclic) bond motifs is 3. The van der Waals surface area contributed by atoms with Gasteiger partial charge < -0.3 is 9.15 Å². The van der Waals surface area contributed by atoms with E-state index in [0.29, 0.717) is 24.0 Å². The normalized spacial score (nSPS) is 24.2. The van der Waals surface area contributed by atoms with Gasteiger partial charge in [0.25, 0.3) is 0 Å². The number of benzene rings is 2. The molecule has 2 saturated carbocycles. The number of unbranched alkanes of at least 4 members (excludes halogenated alkanes) is 2. The quantitative estimate of drug-likeness (QED) is 0.197. The van der Waals surface area contributed by atoms with Gasteiger partial charge in [-0.3, -0.25) is 0 Å². The van der Waals surface area contributed by atoms with Crippen LogP contribution >= 0.6 is 11.6 Å². The molecule has 2 aliphatic rings. The first kappa shape index (κ1) is 27.4. The summed E-state index contributed by atoms with van der Waals surface area (Å²) < 4.78 is 57.6. The Morgan fingerprint density at radius 3 is 2.26 bits per heavy atom. The molecule has 0 aliphatic heterocycles. The first-order valence-corrected chi connectivity index (χ1v) is 14.8. The van der Waals surface area contributed by atoms with Crippen LogP contribution in [-0.4, -0.2) is 6.61 Å². The number of allylic oxidation sites excluding steroid dienone is 1. The Hall–Kier alpha value is -2.14. The largest absolute Gasteiger partial charge is 0.490 e. The van der Waals surface area contributed by atoms with Crippen molar-refractivity contribution in [3.05, 3.63) is 52.8 Å². The third-order valence-electron chi connectivity index (χ3n) is 9.01. The summed E-state index contributed by atoms with van der Waals surface area (Å²) in [7, 11) is 0. The molecule has 206 valence electrons. The van der Waals surface area contributed by atoms with Crippen molar-refractivity contribution in [1.82, 2.24) is 0 Å². The van der Waals surface area contributed by atoms with Crippen LogP contribution in [0.3, 0.4) is 0 Å². The van der Waals surface area contributed by atoms with Gasteiger partial charge in [0.15, 0.2) is 11.6 Å². The molecule has 0 amide bonds. The lowest BCUT2D eigenvalue weighted by molar-refractivity contribution is 0.172. The van der Waals surface area contributed by atoms with Gasteiger partial charge in [-0.2, -0.15) is 4.39 Å². The van der Waals surface area contributed by atoms with Gasteiger partial charge in [-0.15, -0.1) is 6.58 Å². The van der Waals surface area contributed by atoms with E-state index in [0.717, 1.165) is 44.4 Å². The van der Waals surface area contributed by atoms with E-state index in [1.807, 2.05) is 6.08 Å². The fraction of sp³-hybridized carbons (Fsp3) is 0.562. The first-order valence-electron chi connectivity index (χ1n) is 14.4. The maximum atomic E-state index is 15.4. The molecule has 0 saturated heterocycles. The van der Waals surface area contributed by atoms with Crippen LogP contribution in [0.1, 0.15) is 95.5 Å². The Balaban J connectivity index is 1.35. The highest BCUT2D eigenvalue weighted by Crippen LogP contribution is 2.45. The summed E-state index contributed by atoms with van der Waals surface area (Å²) in [4.78, 5) is 0. The van der Waals surface area contributed by atoms with Crippen molar-refractivity contribution in [3.63, 3.8) is 0 Å². The SMILES string of the molecule is C=CC1CCC(c2cc3oc4cc(OCC5CCC(CCCCC)CC5)c(F)c(F)c4c3c(Cl)c2F)CC1. The standard InChI is InChI=1S/C32H38ClF3O2/c1-3-5-6-7-20-8-10-21(11-9-20)18-37-26-17-25-28(32(36)31(26)35)27-24(38-25)16-23(30(34)29(27)33)22-14-12-19(4-2)13-15-22/h4,16-17,19-22H,2-3,5-15,18H2,1H3. The number of rotatable bonds is 9. The van der Waals surface area contributed by atoms with Crippen molar-refractivity contribution in [1.29, 1.82) is 0 Å². The van der Waals surface area contributed by atoms with Gasteiger partial charge in [-0.25, -0.2) is 8.78 Å². The highest BCUT2D eigenvalue weighted by molar-refractivity contribution is 6.38. The zero-order valence-electron chi connectivity index (χ0n) is 22.3. The molecular weight excluding hydrogens is 509 g/mol. The molecule has 0 unspecified atom stereocenters. The van der Waals surface area contributed by atoms with Crippen molar-refractivity contribution in [3.8, 4) is 5.75 Å². The second-order valence-electron chi connectivity index (χ2n) is 11.5. The van der Waals surface area contributed by atoms with Crippen molar-refractivity contribution >= 4 is 33.5 Å². The van der Waals surface area contributed by atoms with Crippen LogP contribution in [0.15, 0.2) is 29.2 Å². The van der Waals surface area contributed by atoms with Gasteiger partial charge in [0.1, 0.15) is 17.0 Å². The molecule has 1 heterocycles. The Labute approximate surface area is 228 Å². The fourth-order valence-electron chi connectivity index (χ4n) is 6.59. The third kappa shape index (κ3) is 5.46. The van der Waals surface area contributed by atoms with E-state index < -0.39 is 17.5 Å². The third-order valence-corrected chi connectivity index (χ3v) is 9.36. The van der Waals surface area contributed by atoms with E-state index in [1.165, 1.54) is 44.6 Å². The number of halogens is 4. The lowest BCUT2D eigenvalue weighted by Gasteiger charge is -2.28. The molecule has 6 heteroatoms. The highest BCUT2D eigenvalue weighted by Gasteiger charge is 2.29. The van der Waals surface area contributed by atoms with E-state index >= 15 is 13.2 Å². The summed E-state index contributed by atoms with van der Waals surface area (Å²) in [5, 5.41) is -0.278. The molecule has 3 aromatic rings. The Kier molecular flexibility index (Phi) is 8.62. The highest BCUT2D eigenvalue weighted by atomic mass is 35.5. The summed E-state index contributed by atoms with van der Waals surface area (Å²) in [5.41, 5.74) is 0.859. The zero-order valence-corrected chi connectivity index (χ0v) is 23.0. The van der Waals surface area contributed by atoms with Crippen molar-refractivity contribution < 1.29 is 22.3 Å². The molecule has 2 nitrogen and oxygen atoms in total. The summed E-state index contributed by atoms with van der Waals surface area (Å²) in [6.07, 6.45) is 15.0. The second-order valence-corrected chi connectivity index (χ2v) is 11.9. The van der Waals surface area contributed by atoms with Crippen LogP contribution in [-0.2, 0) is 0 Å². The van der Waals surface area contributed by atoms with E-state index in [9.17, 15) is 0 Å².